The predicted molar refractivity (Wildman–Crippen MR) is 164 cm³/mol. The number of carbonyl (C=O) groups is 2. The lowest BCUT2D eigenvalue weighted by molar-refractivity contribution is -0.114. The van der Waals surface area contributed by atoms with Crippen LogP contribution in [0.2, 0.25) is 0 Å². The molecule has 1 saturated heterocycles. The molecule has 0 bridgehead atoms. The quantitative estimate of drug-likeness (QED) is 0.265. The molecule has 40 heavy (non-hydrogen) atoms. The number of rotatable bonds is 6. The zero-order valence-corrected chi connectivity index (χ0v) is 23.1. The molecule has 4 aromatic carbocycles. The highest BCUT2D eigenvalue weighted by Crippen LogP contribution is 2.59. The van der Waals surface area contributed by atoms with E-state index < -0.39 is 4.33 Å². The van der Waals surface area contributed by atoms with Gasteiger partial charge >= 0.3 is 0 Å². The van der Waals surface area contributed by atoms with Gasteiger partial charge in [-0.1, -0.05) is 78.5 Å². The molecule has 4 aromatic rings. The van der Waals surface area contributed by atoms with Gasteiger partial charge in [0.2, 0.25) is 4.33 Å². The number of anilines is 3. The number of thioether (sulfide) groups is 2. The molecule has 0 aliphatic carbocycles. The van der Waals surface area contributed by atoms with Crippen LogP contribution in [-0.4, -0.2) is 28.3 Å². The minimum absolute atomic E-state index is 0.180. The Morgan fingerprint density at radius 2 is 1.43 bits per heavy atom. The van der Waals surface area contributed by atoms with Crippen molar-refractivity contribution in [2.45, 2.75) is 4.33 Å². The maximum absolute atomic E-state index is 14.2. The van der Waals surface area contributed by atoms with E-state index in [0.29, 0.717) is 16.3 Å². The Labute approximate surface area is 240 Å². The zero-order chi connectivity index (χ0) is 27.5. The van der Waals surface area contributed by atoms with Crippen LogP contribution in [-0.2, 0) is 9.59 Å². The van der Waals surface area contributed by atoms with Crippen LogP contribution in [0.25, 0.3) is 6.08 Å². The number of hydrogen-bond acceptors (Lipinski definition) is 7. The average molecular weight is 565 g/mol. The first-order valence-corrected chi connectivity index (χ1v) is 14.1. The minimum atomic E-state index is -1.11. The van der Waals surface area contributed by atoms with Crippen molar-refractivity contribution in [2.24, 2.45) is 5.10 Å². The molecule has 9 heteroatoms. The third-order valence-electron chi connectivity index (χ3n) is 6.28. The Hall–Kier alpha value is -4.47. The molecule has 1 unspecified atom stereocenters. The van der Waals surface area contributed by atoms with Crippen molar-refractivity contribution in [3.05, 3.63) is 126 Å². The maximum Gasteiger partial charge on any atom is 0.282 e. The number of hydrogen-bond donors (Lipinski definition) is 1. The van der Waals surface area contributed by atoms with E-state index in [9.17, 15) is 9.59 Å². The number of para-hydroxylation sites is 3. The largest absolute Gasteiger partial charge is 0.497 e. The molecular formula is C31H24N4O3S2. The maximum atomic E-state index is 14.2. The topological polar surface area (TPSA) is 74.2 Å². The van der Waals surface area contributed by atoms with Gasteiger partial charge in [-0.3, -0.25) is 14.5 Å². The number of benzene rings is 4. The Kier molecular flexibility index (Phi) is 7.06. The van der Waals surface area contributed by atoms with Gasteiger partial charge in [0.05, 0.1) is 17.7 Å². The number of carbonyl (C=O) groups excluding carboxylic acids is 2. The van der Waals surface area contributed by atoms with Crippen LogP contribution in [0.5, 0.6) is 5.75 Å². The molecule has 2 aliphatic heterocycles. The van der Waals surface area contributed by atoms with Crippen LogP contribution in [0.3, 0.4) is 0 Å². The highest BCUT2D eigenvalue weighted by molar-refractivity contribution is 8.29. The molecule has 2 aliphatic rings. The number of nitrogens with one attached hydrogen (secondary N) is 1. The fourth-order valence-electron chi connectivity index (χ4n) is 4.41. The smallest absolute Gasteiger partial charge is 0.282 e. The van der Waals surface area contributed by atoms with E-state index in [-0.39, 0.29) is 16.9 Å². The lowest BCUT2D eigenvalue weighted by atomic mass is 10.2. The molecule has 198 valence electrons. The van der Waals surface area contributed by atoms with E-state index in [4.69, 9.17) is 9.84 Å². The van der Waals surface area contributed by atoms with Gasteiger partial charge in [0.1, 0.15) is 5.75 Å². The van der Waals surface area contributed by atoms with Crippen LogP contribution in [0.1, 0.15) is 5.56 Å². The average Bonchev–Trinajstić information content (AvgIpc) is 3.51. The summed E-state index contributed by atoms with van der Waals surface area (Å²) in [7, 11) is 1.62. The van der Waals surface area contributed by atoms with Crippen LogP contribution >= 0.6 is 23.5 Å². The van der Waals surface area contributed by atoms with Crippen LogP contribution in [0, 0.1) is 0 Å². The highest BCUT2D eigenvalue weighted by Gasteiger charge is 2.60. The summed E-state index contributed by atoms with van der Waals surface area (Å²) in [5, 5.41) is 9.76. The van der Waals surface area contributed by atoms with Gasteiger partial charge in [-0.15, -0.1) is 0 Å². The number of methoxy groups -OCH3 is 1. The third-order valence-corrected chi connectivity index (χ3v) is 9.00. The summed E-state index contributed by atoms with van der Waals surface area (Å²) in [6.07, 6.45) is 1.86. The van der Waals surface area contributed by atoms with Crippen LogP contribution < -0.4 is 20.0 Å². The second-order valence-electron chi connectivity index (χ2n) is 8.88. The third kappa shape index (κ3) is 4.85. The standard InChI is InChI=1S/C31H24N4O3S2/c1-38-26-19-17-22(18-20-26)21-27-30(37)34(24-13-7-3-8-14-24)31(39-27)35(25-15-9-4-10-16-25)33-29(40-31)28(36)32-23-11-5-2-6-12-23/h2-21H,1H3,(H,32,36)/b27-21-. The Morgan fingerprint density at radius 1 is 0.825 bits per heavy atom. The summed E-state index contributed by atoms with van der Waals surface area (Å²) in [6.45, 7) is 0. The van der Waals surface area contributed by atoms with Crippen molar-refractivity contribution in [1.82, 2.24) is 0 Å². The van der Waals surface area contributed by atoms with Crippen molar-refractivity contribution >= 4 is 63.5 Å². The van der Waals surface area contributed by atoms with Gasteiger partial charge in [-0.05, 0) is 71.9 Å². The van der Waals surface area contributed by atoms with E-state index in [1.165, 1.54) is 23.5 Å². The lowest BCUT2D eigenvalue weighted by Gasteiger charge is -2.38. The summed E-state index contributed by atoms with van der Waals surface area (Å²) in [5.41, 5.74) is 2.98. The molecule has 0 aromatic heterocycles. The van der Waals surface area contributed by atoms with Crippen LogP contribution in [0.15, 0.2) is 125 Å². The van der Waals surface area contributed by atoms with E-state index in [1.807, 2.05) is 121 Å². The zero-order valence-electron chi connectivity index (χ0n) is 21.4. The fourth-order valence-corrected chi connectivity index (χ4v) is 7.28. The Morgan fingerprint density at radius 3 is 2.05 bits per heavy atom. The molecule has 1 N–H and O–H groups in total. The van der Waals surface area contributed by atoms with Crippen molar-refractivity contribution in [3.8, 4) is 5.75 Å². The van der Waals surface area contributed by atoms with Crippen molar-refractivity contribution in [2.75, 3.05) is 22.3 Å². The van der Waals surface area contributed by atoms with Crippen LogP contribution in [0.4, 0.5) is 17.1 Å². The molecule has 2 heterocycles. The Balaban J connectivity index is 1.45. The second-order valence-corrected chi connectivity index (χ2v) is 11.5. The molecule has 6 rings (SSSR count). The van der Waals surface area contributed by atoms with Gasteiger partial charge in [-0.25, -0.2) is 5.01 Å². The fraction of sp³-hybridized carbons (Fsp3) is 0.0645. The Bertz CT molecular complexity index is 1600. The summed E-state index contributed by atoms with van der Waals surface area (Å²) in [6, 6.07) is 35.8. The number of hydrazone groups is 1. The molecular weight excluding hydrogens is 541 g/mol. The summed E-state index contributed by atoms with van der Waals surface area (Å²) >= 11 is 2.62. The molecule has 2 amide bonds. The molecule has 1 fully saturated rings. The summed E-state index contributed by atoms with van der Waals surface area (Å²) < 4.78 is 4.18. The van der Waals surface area contributed by atoms with Crippen molar-refractivity contribution in [3.63, 3.8) is 0 Å². The van der Waals surface area contributed by atoms with E-state index in [0.717, 1.165) is 17.0 Å². The molecule has 1 atom stereocenters. The first-order chi connectivity index (χ1) is 19.6. The van der Waals surface area contributed by atoms with E-state index in [2.05, 4.69) is 5.32 Å². The highest BCUT2D eigenvalue weighted by atomic mass is 32.2. The first-order valence-electron chi connectivity index (χ1n) is 12.5. The monoisotopic (exact) mass is 564 g/mol. The van der Waals surface area contributed by atoms with Gasteiger partial charge < -0.3 is 10.1 Å². The van der Waals surface area contributed by atoms with E-state index >= 15 is 0 Å². The van der Waals surface area contributed by atoms with Gasteiger partial charge in [-0.2, -0.15) is 5.10 Å². The summed E-state index contributed by atoms with van der Waals surface area (Å²) in [4.78, 5) is 29.9. The predicted octanol–water partition coefficient (Wildman–Crippen LogP) is 6.63. The molecule has 0 radical (unpaired) electrons. The molecule has 0 saturated carbocycles. The first kappa shape index (κ1) is 25.8. The van der Waals surface area contributed by atoms with E-state index in [1.54, 1.807) is 17.0 Å². The number of ether oxygens (including phenoxy) is 1. The lowest BCUT2D eigenvalue weighted by Crippen LogP contribution is -2.51. The number of amides is 2. The molecule has 7 nitrogen and oxygen atoms in total. The normalized spacial score (nSPS) is 19.3. The minimum Gasteiger partial charge on any atom is -0.497 e. The van der Waals surface area contributed by atoms with Crippen molar-refractivity contribution in [1.29, 1.82) is 0 Å². The SMILES string of the molecule is COc1ccc(/C=C2\SC3(SC(C(=O)Nc4ccccc4)=NN3c3ccccc3)N(c3ccccc3)C2=O)cc1. The number of nitrogens with zero attached hydrogens (tertiary/aromatic N) is 3. The van der Waals surface area contributed by atoms with Gasteiger partial charge in [0.25, 0.3) is 11.8 Å². The second kappa shape index (κ2) is 11.0. The van der Waals surface area contributed by atoms with Crippen molar-refractivity contribution < 1.29 is 14.3 Å². The summed E-state index contributed by atoms with van der Waals surface area (Å²) in [5.74, 6) is 0.210. The molecule has 1 spiro atoms. The van der Waals surface area contributed by atoms with Gasteiger partial charge in [0.15, 0.2) is 5.04 Å². The van der Waals surface area contributed by atoms with Gasteiger partial charge in [0, 0.05) is 11.4 Å².